The Morgan fingerprint density at radius 3 is 2.68 bits per heavy atom. The van der Waals surface area contributed by atoms with E-state index in [1.165, 1.54) is 6.07 Å². The number of halogens is 3. The molecule has 19 heavy (non-hydrogen) atoms. The van der Waals surface area contributed by atoms with Crippen LogP contribution in [0.3, 0.4) is 0 Å². The van der Waals surface area contributed by atoms with E-state index in [-0.39, 0.29) is 0 Å². The lowest BCUT2D eigenvalue weighted by molar-refractivity contribution is -0.141. The second kappa shape index (κ2) is 5.13. The molecule has 0 aliphatic carbocycles. The van der Waals surface area contributed by atoms with Crippen LogP contribution in [0.5, 0.6) is 0 Å². The third kappa shape index (κ3) is 2.93. The van der Waals surface area contributed by atoms with Crippen molar-refractivity contribution in [1.29, 1.82) is 0 Å². The van der Waals surface area contributed by atoms with Crippen LogP contribution in [0, 0.1) is 0 Å². The Balaban J connectivity index is 2.27. The molecule has 1 N–H and O–H groups in total. The molecular weight excluding hydrogens is 257 g/mol. The van der Waals surface area contributed by atoms with Gasteiger partial charge in [0.15, 0.2) is 0 Å². The normalized spacial score (nSPS) is 11.3. The van der Waals surface area contributed by atoms with Crippen molar-refractivity contribution in [2.75, 3.05) is 11.9 Å². The first-order chi connectivity index (χ1) is 9.02. The highest BCUT2D eigenvalue weighted by Gasteiger charge is 2.32. The molecule has 0 bridgehead atoms. The Morgan fingerprint density at radius 2 is 2.11 bits per heavy atom. The Hall–Kier alpha value is -2.31. The molecular formula is C12H11F3N4. The summed E-state index contributed by atoms with van der Waals surface area (Å²) in [6.07, 6.45) is 1.56. The van der Waals surface area contributed by atoms with Crippen molar-refractivity contribution in [1.82, 2.24) is 14.5 Å². The zero-order chi connectivity index (χ0) is 13.9. The van der Waals surface area contributed by atoms with Crippen LogP contribution < -0.4 is 5.32 Å². The number of hydrogen-bond acceptors (Lipinski definition) is 3. The van der Waals surface area contributed by atoms with Gasteiger partial charge >= 0.3 is 6.18 Å². The predicted molar refractivity (Wildman–Crippen MR) is 65.0 cm³/mol. The van der Waals surface area contributed by atoms with Crippen LogP contribution >= 0.6 is 0 Å². The Kier molecular flexibility index (Phi) is 3.55. The molecule has 100 valence electrons. The fourth-order valence-electron chi connectivity index (χ4n) is 1.50. The molecule has 0 unspecified atom stereocenters. The first-order valence-electron chi connectivity index (χ1n) is 5.44. The summed E-state index contributed by atoms with van der Waals surface area (Å²) in [6.45, 7) is 4.07. The monoisotopic (exact) mass is 268 g/mol. The maximum Gasteiger partial charge on any atom is 0.433 e. The van der Waals surface area contributed by atoms with E-state index >= 15 is 0 Å². The Labute approximate surface area is 107 Å². The van der Waals surface area contributed by atoms with Crippen LogP contribution in [-0.4, -0.2) is 21.1 Å². The van der Waals surface area contributed by atoms with Crippen molar-refractivity contribution in [2.45, 2.75) is 6.18 Å². The van der Waals surface area contributed by atoms with Gasteiger partial charge in [0, 0.05) is 18.9 Å². The molecule has 0 aliphatic rings. The van der Waals surface area contributed by atoms with Crippen LogP contribution in [0.4, 0.5) is 19.1 Å². The minimum Gasteiger partial charge on any atom is -0.352 e. The second-order valence-electron chi connectivity index (χ2n) is 3.69. The Morgan fingerprint density at radius 1 is 1.32 bits per heavy atom. The van der Waals surface area contributed by atoms with Crippen molar-refractivity contribution in [3.05, 3.63) is 49.1 Å². The number of aromatic nitrogens is 3. The number of pyridine rings is 1. The predicted octanol–water partition coefficient (Wildman–Crippen LogP) is 2.88. The van der Waals surface area contributed by atoms with Gasteiger partial charge in [-0.1, -0.05) is 6.08 Å². The quantitative estimate of drug-likeness (QED) is 0.867. The molecule has 0 spiro atoms. The molecule has 0 radical (unpaired) electrons. The summed E-state index contributed by atoms with van der Waals surface area (Å²) in [7, 11) is 0. The van der Waals surface area contributed by atoms with Gasteiger partial charge in [-0.2, -0.15) is 13.2 Å². The van der Waals surface area contributed by atoms with Gasteiger partial charge in [0.2, 0.25) is 5.95 Å². The van der Waals surface area contributed by atoms with Crippen molar-refractivity contribution in [2.24, 2.45) is 0 Å². The number of nitrogens with one attached hydrogen (secondary N) is 1. The van der Waals surface area contributed by atoms with Gasteiger partial charge in [-0.3, -0.25) is 4.57 Å². The molecule has 0 saturated heterocycles. The van der Waals surface area contributed by atoms with E-state index in [4.69, 9.17) is 0 Å². The van der Waals surface area contributed by atoms with Crippen molar-refractivity contribution >= 4 is 5.95 Å². The van der Waals surface area contributed by atoms with E-state index in [9.17, 15) is 13.2 Å². The maximum atomic E-state index is 12.4. The smallest absolute Gasteiger partial charge is 0.352 e. The topological polar surface area (TPSA) is 42.7 Å². The van der Waals surface area contributed by atoms with E-state index < -0.39 is 11.9 Å². The average Bonchev–Trinajstić information content (AvgIpc) is 2.83. The number of imidazole rings is 1. The summed E-state index contributed by atoms with van der Waals surface area (Å²) in [4.78, 5) is 7.46. The fourth-order valence-corrected chi connectivity index (χ4v) is 1.50. The zero-order valence-corrected chi connectivity index (χ0v) is 9.85. The van der Waals surface area contributed by atoms with Gasteiger partial charge in [-0.15, -0.1) is 6.58 Å². The first-order valence-corrected chi connectivity index (χ1v) is 5.44. The third-order valence-corrected chi connectivity index (χ3v) is 2.36. The molecule has 2 aromatic rings. The van der Waals surface area contributed by atoms with Crippen LogP contribution in [-0.2, 0) is 6.18 Å². The summed E-state index contributed by atoms with van der Waals surface area (Å²) in [5.74, 6) is 0.515. The average molecular weight is 268 g/mol. The summed E-state index contributed by atoms with van der Waals surface area (Å²) in [5.41, 5.74) is -0.422. The van der Waals surface area contributed by atoms with Crippen LogP contribution in [0.15, 0.2) is 43.4 Å². The summed E-state index contributed by atoms with van der Waals surface area (Å²) >= 11 is 0. The van der Waals surface area contributed by atoms with Gasteiger partial charge in [0.25, 0.3) is 0 Å². The highest BCUT2D eigenvalue weighted by Crippen LogP contribution is 2.27. The highest BCUT2D eigenvalue weighted by atomic mass is 19.4. The van der Waals surface area contributed by atoms with E-state index in [0.29, 0.717) is 18.2 Å². The SMILES string of the molecule is C=CCNc1nccn1-c1ccc(C(F)(F)F)nc1. The summed E-state index contributed by atoms with van der Waals surface area (Å²) < 4.78 is 38.8. The van der Waals surface area contributed by atoms with Gasteiger partial charge in [-0.05, 0) is 12.1 Å². The standard InChI is InChI=1S/C12H11F3N4/c1-2-5-16-11-17-6-7-19(11)9-3-4-10(18-8-9)12(13,14)15/h2-4,6-8H,1,5H2,(H,16,17). The minimum atomic E-state index is -4.43. The van der Waals surface area contributed by atoms with Gasteiger partial charge in [-0.25, -0.2) is 9.97 Å². The number of hydrogen-bond donors (Lipinski definition) is 1. The van der Waals surface area contributed by atoms with E-state index in [0.717, 1.165) is 12.3 Å². The second-order valence-corrected chi connectivity index (χ2v) is 3.69. The molecule has 2 rings (SSSR count). The lowest BCUT2D eigenvalue weighted by Gasteiger charge is -2.10. The molecule has 0 fully saturated rings. The highest BCUT2D eigenvalue weighted by molar-refractivity contribution is 5.41. The maximum absolute atomic E-state index is 12.4. The van der Waals surface area contributed by atoms with Crippen molar-refractivity contribution in [3.8, 4) is 5.69 Å². The number of rotatable bonds is 4. The fraction of sp³-hybridized carbons (Fsp3) is 0.167. The van der Waals surface area contributed by atoms with E-state index in [1.54, 1.807) is 23.0 Å². The number of alkyl halides is 3. The first kappa shape index (κ1) is 13.1. The summed E-state index contributed by atoms with van der Waals surface area (Å²) in [6, 6.07) is 2.28. The summed E-state index contributed by atoms with van der Waals surface area (Å²) in [5, 5.41) is 2.97. The number of anilines is 1. The van der Waals surface area contributed by atoms with Crippen molar-refractivity contribution < 1.29 is 13.2 Å². The van der Waals surface area contributed by atoms with Crippen LogP contribution in [0.25, 0.3) is 5.69 Å². The molecule has 0 atom stereocenters. The zero-order valence-electron chi connectivity index (χ0n) is 9.85. The van der Waals surface area contributed by atoms with Crippen LogP contribution in [0.1, 0.15) is 5.69 Å². The molecule has 4 nitrogen and oxygen atoms in total. The Bertz CT molecular complexity index is 557. The van der Waals surface area contributed by atoms with Gasteiger partial charge in [0.1, 0.15) is 5.69 Å². The molecule has 0 aliphatic heterocycles. The third-order valence-electron chi connectivity index (χ3n) is 2.36. The van der Waals surface area contributed by atoms with Crippen molar-refractivity contribution in [3.63, 3.8) is 0 Å². The number of nitrogens with zero attached hydrogens (tertiary/aromatic N) is 3. The van der Waals surface area contributed by atoms with E-state index in [1.807, 2.05) is 0 Å². The largest absolute Gasteiger partial charge is 0.433 e. The lowest BCUT2D eigenvalue weighted by Crippen LogP contribution is -2.09. The molecule has 2 aromatic heterocycles. The van der Waals surface area contributed by atoms with E-state index in [2.05, 4.69) is 21.9 Å². The lowest BCUT2D eigenvalue weighted by atomic mass is 10.3. The van der Waals surface area contributed by atoms with Crippen LogP contribution in [0.2, 0.25) is 0 Å². The van der Waals surface area contributed by atoms with Gasteiger partial charge < -0.3 is 5.32 Å². The molecule has 7 heteroatoms. The van der Waals surface area contributed by atoms with Gasteiger partial charge in [0.05, 0.1) is 11.9 Å². The molecule has 0 saturated carbocycles. The molecule has 0 amide bonds. The minimum absolute atomic E-state index is 0.497. The molecule has 2 heterocycles. The molecule has 0 aromatic carbocycles.